The van der Waals surface area contributed by atoms with E-state index < -0.39 is 0 Å². The molecular weight excluding hydrogens is 751 g/mol. The molecule has 0 bridgehead atoms. The van der Waals surface area contributed by atoms with Gasteiger partial charge < -0.3 is 16.4 Å². The van der Waals surface area contributed by atoms with Crippen molar-refractivity contribution in [2.75, 3.05) is 5.32 Å². The molecule has 0 amide bonds. The van der Waals surface area contributed by atoms with Gasteiger partial charge in [0.25, 0.3) is 0 Å². The number of nitrogens with two attached hydrogens (primary N) is 1. The van der Waals surface area contributed by atoms with Crippen molar-refractivity contribution in [2.24, 2.45) is 5.73 Å². The Kier molecular flexibility index (Phi) is 12.3. The maximum atomic E-state index is 7.04. The van der Waals surface area contributed by atoms with Crippen LogP contribution in [0.1, 0.15) is 51.0 Å². The summed E-state index contributed by atoms with van der Waals surface area (Å²) in [5.41, 5.74) is 26.0. The quantitative estimate of drug-likeness (QED) is 0.103. The number of para-hydroxylation sites is 1. The number of hydrogen-bond donors (Lipinski definition) is 3. The van der Waals surface area contributed by atoms with Crippen LogP contribution in [0.15, 0.2) is 231 Å². The maximum Gasteiger partial charge on any atom is 0.0582 e. The second-order valence-corrected chi connectivity index (χ2v) is 16.1. The van der Waals surface area contributed by atoms with E-state index in [1.165, 1.54) is 66.8 Å². The molecule has 9 rings (SSSR count). The van der Waals surface area contributed by atoms with Crippen molar-refractivity contribution in [3.8, 4) is 44.5 Å². The molecule has 0 fully saturated rings. The zero-order valence-electron chi connectivity index (χ0n) is 35.1. The van der Waals surface area contributed by atoms with Crippen molar-refractivity contribution in [1.29, 1.82) is 0 Å². The Bertz CT molecular complexity index is 2880. The molecule has 0 heterocycles. The highest BCUT2D eigenvalue weighted by Crippen LogP contribution is 2.33. The van der Waals surface area contributed by atoms with Crippen LogP contribution < -0.4 is 16.4 Å². The predicted octanol–water partition coefficient (Wildman–Crippen LogP) is 14.2. The van der Waals surface area contributed by atoms with E-state index in [4.69, 9.17) is 5.73 Å². The number of hydrogen-bond acceptors (Lipinski definition) is 3. The highest BCUT2D eigenvalue weighted by atomic mass is 14.9. The molecule has 3 heteroatoms. The number of nitrogens with one attached hydrogen (secondary N) is 2. The van der Waals surface area contributed by atoms with Gasteiger partial charge in [0.05, 0.1) is 12.1 Å². The summed E-state index contributed by atoms with van der Waals surface area (Å²) in [5, 5.41) is 7.64. The van der Waals surface area contributed by atoms with E-state index in [9.17, 15) is 0 Å². The van der Waals surface area contributed by atoms with Crippen molar-refractivity contribution >= 4 is 5.69 Å². The predicted molar refractivity (Wildman–Crippen MR) is 261 cm³/mol. The van der Waals surface area contributed by atoms with Crippen molar-refractivity contribution in [3.05, 3.63) is 269 Å². The third-order valence-electron chi connectivity index (χ3n) is 11.9. The van der Waals surface area contributed by atoms with Gasteiger partial charge in [-0.05, 0) is 121 Å². The highest BCUT2D eigenvalue weighted by molar-refractivity contribution is 5.75. The smallest absolute Gasteiger partial charge is 0.0582 e. The Balaban J connectivity index is 0.881. The van der Waals surface area contributed by atoms with E-state index in [2.05, 4.69) is 248 Å². The zero-order chi connectivity index (χ0) is 42.1. The Morgan fingerprint density at radius 3 is 1.37 bits per heavy atom. The first kappa shape index (κ1) is 40.1. The molecule has 302 valence electrons. The van der Waals surface area contributed by atoms with Gasteiger partial charge in [-0.2, -0.15) is 0 Å². The van der Waals surface area contributed by atoms with Gasteiger partial charge in [-0.1, -0.05) is 200 Å². The summed E-state index contributed by atoms with van der Waals surface area (Å²) < 4.78 is 0. The second-order valence-electron chi connectivity index (χ2n) is 16.1. The third-order valence-corrected chi connectivity index (χ3v) is 11.9. The molecule has 2 unspecified atom stereocenters. The van der Waals surface area contributed by atoms with Crippen LogP contribution in [0.2, 0.25) is 0 Å². The van der Waals surface area contributed by atoms with E-state index in [0.29, 0.717) is 6.54 Å². The largest absolute Gasteiger partial charge is 0.381 e. The van der Waals surface area contributed by atoms with Crippen LogP contribution in [0.3, 0.4) is 0 Å². The van der Waals surface area contributed by atoms with Gasteiger partial charge in [-0.25, -0.2) is 0 Å². The van der Waals surface area contributed by atoms with Gasteiger partial charge in [0, 0.05) is 18.8 Å². The molecule has 0 aromatic heterocycles. The summed E-state index contributed by atoms with van der Waals surface area (Å²) in [6, 6.07) is 82.0. The second kappa shape index (κ2) is 19.0. The fraction of sp³-hybridized carbons (Fsp3) is 0.0847. The fourth-order valence-corrected chi connectivity index (χ4v) is 8.45. The molecule has 9 aromatic rings. The van der Waals surface area contributed by atoms with Crippen molar-refractivity contribution in [3.63, 3.8) is 0 Å². The summed E-state index contributed by atoms with van der Waals surface area (Å²) in [7, 11) is 0. The average Bonchev–Trinajstić information content (AvgIpc) is 3.35. The standard InChI is InChI=1S/C59H51N3/c1-42-16-8-9-29-55(42)59(54-28-15-26-52(39-54)50-24-13-22-48(37-50)46-19-6-3-7-20-46)62-41-44-34-32-43(33-35-44)40-61-57-31-11-10-30-56(57)58(60)53-27-14-25-51(38-53)49-23-12-21-47(36-49)45-17-4-2-5-18-45/h2-39,58-59,61-62H,40-41,60H2,1H3. The minimum Gasteiger partial charge on any atom is -0.381 e. The van der Waals surface area contributed by atoms with E-state index in [1.54, 1.807) is 0 Å². The van der Waals surface area contributed by atoms with Crippen molar-refractivity contribution < 1.29 is 0 Å². The Hall–Kier alpha value is -7.30. The van der Waals surface area contributed by atoms with Crippen LogP contribution in [-0.2, 0) is 13.1 Å². The summed E-state index contributed by atoms with van der Waals surface area (Å²) in [6.07, 6.45) is 0. The van der Waals surface area contributed by atoms with Gasteiger partial charge >= 0.3 is 0 Å². The fourth-order valence-electron chi connectivity index (χ4n) is 8.45. The first-order valence-corrected chi connectivity index (χ1v) is 21.5. The molecule has 4 N–H and O–H groups in total. The number of aryl methyl sites for hydroxylation is 1. The molecule has 0 aliphatic carbocycles. The summed E-state index contributed by atoms with van der Waals surface area (Å²) in [5.74, 6) is 0. The van der Waals surface area contributed by atoms with Gasteiger partial charge in [-0.3, -0.25) is 0 Å². The average molecular weight is 802 g/mol. The van der Waals surface area contributed by atoms with Crippen LogP contribution in [0.5, 0.6) is 0 Å². The van der Waals surface area contributed by atoms with Crippen LogP contribution in [-0.4, -0.2) is 0 Å². The van der Waals surface area contributed by atoms with E-state index >= 15 is 0 Å². The number of anilines is 1. The Labute approximate surface area is 366 Å². The summed E-state index contributed by atoms with van der Waals surface area (Å²) in [6.45, 7) is 3.62. The van der Waals surface area contributed by atoms with Crippen molar-refractivity contribution in [2.45, 2.75) is 32.1 Å². The monoisotopic (exact) mass is 801 g/mol. The van der Waals surface area contributed by atoms with Crippen LogP contribution >= 0.6 is 0 Å². The molecule has 0 radical (unpaired) electrons. The van der Waals surface area contributed by atoms with E-state index in [0.717, 1.165) is 28.9 Å². The Morgan fingerprint density at radius 2 is 0.790 bits per heavy atom. The molecule has 62 heavy (non-hydrogen) atoms. The maximum absolute atomic E-state index is 7.04. The van der Waals surface area contributed by atoms with Gasteiger partial charge in [-0.15, -0.1) is 0 Å². The van der Waals surface area contributed by atoms with E-state index in [1.807, 2.05) is 0 Å². The minimum atomic E-state index is -0.286. The Morgan fingerprint density at radius 1 is 0.371 bits per heavy atom. The lowest BCUT2D eigenvalue weighted by Gasteiger charge is -2.23. The van der Waals surface area contributed by atoms with Crippen LogP contribution in [0.4, 0.5) is 5.69 Å². The first-order valence-electron chi connectivity index (χ1n) is 21.5. The molecule has 0 aliphatic rings. The third kappa shape index (κ3) is 9.36. The zero-order valence-corrected chi connectivity index (χ0v) is 35.1. The minimum absolute atomic E-state index is 0.0238. The number of benzene rings is 9. The molecule has 0 aliphatic heterocycles. The summed E-state index contributed by atoms with van der Waals surface area (Å²) in [4.78, 5) is 0. The highest BCUT2D eigenvalue weighted by Gasteiger charge is 2.18. The molecule has 0 saturated heterocycles. The topological polar surface area (TPSA) is 50.1 Å². The molecule has 0 spiro atoms. The van der Waals surface area contributed by atoms with Crippen LogP contribution in [0, 0.1) is 6.92 Å². The van der Waals surface area contributed by atoms with E-state index in [-0.39, 0.29) is 12.1 Å². The molecular formula is C59H51N3. The molecule has 3 nitrogen and oxygen atoms in total. The lowest BCUT2D eigenvalue weighted by atomic mass is 9.91. The summed E-state index contributed by atoms with van der Waals surface area (Å²) >= 11 is 0. The SMILES string of the molecule is Cc1ccccc1C(NCc1ccc(CNc2ccccc2C(N)c2cccc(-c3cccc(-c4ccccc4)c3)c2)cc1)c1cccc(-c2cccc(-c3ccccc3)c2)c1. The molecule has 2 atom stereocenters. The van der Waals surface area contributed by atoms with Crippen molar-refractivity contribution in [1.82, 2.24) is 5.32 Å². The lowest BCUT2D eigenvalue weighted by molar-refractivity contribution is 0.602. The lowest BCUT2D eigenvalue weighted by Crippen LogP contribution is -2.23. The normalized spacial score (nSPS) is 12.1. The molecule has 0 saturated carbocycles. The van der Waals surface area contributed by atoms with Crippen LogP contribution in [0.25, 0.3) is 44.5 Å². The van der Waals surface area contributed by atoms with Gasteiger partial charge in [0.2, 0.25) is 0 Å². The number of rotatable bonds is 14. The first-order chi connectivity index (χ1) is 30.6. The van der Waals surface area contributed by atoms with Gasteiger partial charge in [0.15, 0.2) is 0 Å². The van der Waals surface area contributed by atoms with Gasteiger partial charge in [0.1, 0.15) is 0 Å². The molecule has 9 aromatic carbocycles.